The van der Waals surface area contributed by atoms with Gasteiger partial charge in [-0.2, -0.15) is 0 Å². The summed E-state index contributed by atoms with van der Waals surface area (Å²) in [6.45, 7) is 0. The van der Waals surface area contributed by atoms with E-state index in [1.807, 2.05) is 0 Å². The van der Waals surface area contributed by atoms with Gasteiger partial charge in [0, 0.05) is 15.0 Å². The second kappa shape index (κ2) is 6.15. The molecule has 1 unspecified atom stereocenters. The zero-order chi connectivity index (χ0) is 14.0. The Morgan fingerprint density at radius 1 is 1.16 bits per heavy atom. The van der Waals surface area contributed by atoms with Gasteiger partial charge in [-0.1, -0.05) is 11.6 Å². The second-order valence-electron chi connectivity index (χ2n) is 4.12. The first-order valence-corrected chi connectivity index (χ1v) is 7.00. The van der Waals surface area contributed by atoms with Crippen molar-refractivity contribution in [2.75, 3.05) is 0 Å². The molecule has 0 saturated carbocycles. The molecule has 5 heteroatoms. The number of halogens is 4. The quantitative estimate of drug-likeness (QED) is 0.760. The van der Waals surface area contributed by atoms with E-state index in [2.05, 4.69) is 22.6 Å². The predicted molar refractivity (Wildman–Crippen MR) is 79.2 cm³/mol. The topological polar surface area (TPSA) is 20.2 Å². The van der Waals surface area contributed by atoms with Gasteiger partial charge in [0.05, 0.1) is 6.10 Å². The van der Waals surface area contributed by atoms with Crippen molar-refractivity contribution in [2.45, 2.75) is 12.5 Å². The van der Waals surface area contributed by atoms with Crippen molar-refractivity contribution in [1.82, 2.24) is 0 Å². The summed E-state index contributed by atoms with van der Waals surface area (Å²) in [5.41, 5.74) is 0.750. The van der Waals surface area contributed by atoms with E-state index in [4.69, 9.17) is 11.6 Å². The third kappa shape index (κ3) is 3.64. The molecule has 0 aromatic heterocycles. The molecule has 1 nitrogen and oxygen atoms in total. The van der Waals surface area contributed by atoms with E-state index in [-0.39, 0.29) is 12.0 Å². The molecule has 2 aromatic carbocycles. The molecule has 2 rings (SSSR count). The standard InChI is InChI=1S/C14H10ClF2IO/c15-9-1-4-13(18)11(7-9)14(19)6-8-5-10(16)2-3-12(8)17/h1-5,7,14,19H,6H2. The highest BCUT2D eigenvalue weighted by Crippen LogP contribution is 2.27. The molecule has 0 amide bonds. The molecule has 2 aromatic rings. The van der Waals surface area contributed by atoms with Crippen LogP contribution in [-0.2, 0) is 6.42 Å². The van der Waals surface area contributed by atoms with Gasteiger partial charge < -0.3 is 5.11 Å². The van der Waals surface area contributed by atoms with Crippen LogP contribution in [0.3, 0.4) is 0 Å². The smallest absolute Gasteiger partial charge is 0.126 e. The maximum absolute atomic E-state index is 13.5. The Labute approximate surface area is 128 Å². The van der Waals surface area contributed by atoms with Gasteiger partial charge in [0.2, 0.25) is 0 Å². The normalized spacial score (nSPS) is 12.5. The lowest BCUT2D eigenvalue weighted by atomic mass is 10.0. The summed E-state index contributed by atoms with van der Waals surface area (Å²) in [5.74, 6) is -1.05. The molecule has 1 N–H and O–H groups in total. The zero-order valence-electron chi connectivity index (χ0n) is 9.71. The van der Waals surface area contributed by atoms with Crippen LogP contribution in [0.5, 0.6) is 0 Å². The number of hydrogen-bond donors (Lipinski definition) is 1. The molecule has 0 aliphatic rings. The lowest BCUT2D eigenvalue weighted by Gasteiger charge is -2.14. The highest BCUT2D eigenvalue weighted by molar-refractivity contribution is 14.1. The molecule has 0 heterocycles. The van der Waals surface area contributed by atoms with Gasteiger partial charge in [0.25, 0.3) is 0 Å². The van der Waals surface area contributed by atoms with Gasteiger partial charge in [0.1, 0.15) is 11.6 Å². The summed E-state index contributed by atoms with van der Waals surface area (Å²) < 4.78 is 27.4. The van der Waals surface area contributed by atoms with Gasteiger partial charge in [-0.3, -0.25) is 0 Å². The van der Waals surface area contributed by atoms with Crippen LogP contribution < -0.4 is 0 Å². The average Bonchev–Trinajstić information content (AvgIpc) is 2.36. The average molecular weight is 395 g/mol. The van der Waals surface area contributed by atoms with Crippen LogP contribution in [0.25, 0.3) is 0 Å². The van der Waals surface area contributed by atoms with Crippen molar-refractivity contribution < 1.29 is 13.9 Å². The van der Waals surface area contributed by atoms with Crippen LogP contribution in [0.4, 0.5) is 8.78 Å². The number of rotatable bonds is 3. The number of hydrogen-bond acceptors (Lipinski definition) is 1. The van der Waals surface area contributed by atoms with Gasteiger partial charge >= 0.3 is 0 Å². The Kier molecular flexibility index (Phi) is 4.76. The van der Waals surface area contributed by atoms with Crippen molar-refractivity contribution in [3.8, 4) is 0 Å². The minimum Gasteiger partial charge on any atom is -0.388 e. The van der Waals surface area contributed by atoms with E-state index in [0.717, 1.165) is 21.8 Å². The Hall–Kier alpha value is -0.720. The van der Waals surface area contributed by atoms with Crippen LogP contribution in [-0.4, -0.2) is 5.11 Å². The van der Waals surface area contributed by atoms with Crippen LogP contribution in [0.1, 0.15) is 17.2 Å². The first-order valence-electron chi connectivity index (χ1n) is 5.54. The van der Waals surface area contributed by atoms with Crippen LogP contribution in [0.15, 0.2) is 36.4 Å². The van der Waals surface area contributed by atoms with Gasteiger partial charge in [-0.15, -0.1) is 0 Å². The summed E-state index contributed by atoms with van der Waals surface area (Å²) in [4.78, 5) is 0. The zero-order valence-corrected chi connectivity index (χ0v) is 12.6. The first kappa shape index (κ1) is 14.7. The highest BCUT2D eigenvalue weighted by atomic mass is 127. The van der Waals surface area contributed by atoms with Gasteiger partial charge in [0.15, 0.2) is 0 Å². The Morgan fingerprint density at radius 2 is 1.89 bits per heavy atom. The second-order valence-corrected chi connectivity index (χ2v) is 5.72. The Bertz CT molecular complexity index is 604. The number of aliphatic hydroxyl groups excluding tert-OH is 1. The lowest BCUT2D eigenvalue weighted by molar-refractivity contribution is 0.176. The Morgan fingerprint density at radius 3 is 2.63 bits per heavy atom. The van der Waals surface area contributed by atoms with Crippen molar-refractivity contribution >= 4 is 34.2 Å². The van der Waals surface area contributed by atoms with E-state index >= 15 is 0 Å². The summed E-state index contributed by atoms with van der Waals surface area (Å²) in [6.07, 6.45) is -0.929. The molecular weight excluding hydrogens is 385 g/mol. The predicted octanol–water partition coefficient (Wildman–Crippen LogP) is 4.50. The molecule has 19 heavy (non-hydrogen) atoms. The van der Waals surface area contributed by atoms with Crippen LogP contribution in [0.2, 0.25) is 5.02 Å². The molecule has 0 aliphatic carbocycles. The van der Waals surface area contributed by atoms with Crippen LogP contribution >= 0.6 is 34.2 Å². The fourth-order valence-electron chi connectivity index (χ4n) is 1.79. The molecule has 0 spiro atoms. The van der Waals surface area contributed by atoms with Gasteiger partial charge in [-0.25, -0.2) is 8.78 Å². The summed E-state index contributed by atoms with van der Waals surface area (Å²) in [5, 5.41) is 10.6. The number of aliphatic hydroxyl groups is 1. The Balaban J connectivity index is 2.27. The van der Waals surface area contributed by atoms with E-state index in [9.17, 15) is 13.9 Å². The summed E-state index contributed by atoms with van der Waals surface area (Å²) in [6, 6.07) is 8.31. The molecule has 0 fully saturated rings. The summed E-state index contributed by atoms with van der Waals surface area (Å²) in [7, 11) is 0. The van der Waals surface area contributed by atoms with Crippen molar-refractivity contribution in [2.24, 2.45) is 0 Å². The van der Waals surface area contributed by atoms with E-state index < -0.39 is 17.7 Å². The summed E-state index contributed by atoms with van der Waals surface area (Å²) >= 11 is 7.94. The molecule has 0 saturated heterocycles. The van der Waals surface area contributed by atoms with E-state index in [0.29, 0.717) is 10.6 Å². The number of benzene rings is 2. The maximum atomic E-state index is 13.5. The van der Waals surface area contributed by atoms with Crippen LogP contribution in [0, 0.1) is 15.2 Å². The van der Waals surface area contributed by atoms with Crippen molar-refractivity contribution in [3.05, 3.63) is 67.8 Å². The third-order valence-electron chi connectivity index (χ3n) is 2.74. The lowest BCUT2D eigenvalue weighted by Crippen LogP contribution is -2.06. The molecule has 0 bridgehead atoms. The van der Waals surface area contributed by atoms with E-state index in [1.165, 1.54) is 0 Å². The molecular formula is C14H10ClF2IO. The largest absolute Gasteiger partial charge is 0.388 e. The van der Waals surface area contributed by atoms with Crippen molar-refractivity contribution in [3.63, 3.8) is 0 Å². The van der Waals surface area contributed by atoms with E-state index in [1.54, 1.807) is 18.2 Å². The SMILES string of the molecule is OC(Cc1cc(F)ccc1F)c1cc(Cl)ccc1I. The molecule has 0 aliphatic heterocycles. The monoisotopic (exact) mass is 394 g/mol. The molecule has 0 radical (unpaired) electrons. The van der Waals surface area contributed by atoms with Crippen molar-refractivity contribution in [1.29, 1.82) is 0 Å². The fraction of sp³-hybridized carbons (Fsp3) is 0.143. The first-order chi connectivity index (χ1) is 8.97. The fourth-order valence-corrected chi connectivity index (χ4v) is 2.66. The van der Waals surface area contributed by atoms with Gasteiger partial charge in [-0.05, 0) is 70.1 Å². The maximum Gasteiger partial charge on any atom is 0.126 e. The third-order valence-corrected chi connectivity index (χ3v) is 3.96. The highest BCUT2D eigenvalue weighted by Gasteiger charge is 2.15. The molecule has 1 atom stereocenters. The minimum atomic E-state index is -0.929. The molecule has 100 valence electrons. The minimum absolute atomic E-state index is 0.0000623.